The fraction of sp³-hybridized carbons (Fsp3) is 0.300. The molecule has 3 N–H and O–H groups in total. The van der Waals surface area contributed by atoms with E-state index in [0.717, 1.165) is 10.0 Å². The number of anilines is 1. The van der Waals surface area contributed by atoms with Crippen LogP contribution in [0.2, 0.25) is 0 Å². The molecule has 0 spiro atoms. The molecule has 14 heavy (non-hydrogen) atoms. The second kappa shape index (κ2) is 4.57. The van der Waals surface area contributed by atoms with E-state index in [1.807, 2.05) is 6.92 Å². The molecule has 4 heteroatoms. The van der Waals surface area contributed by atoms with Crippen molar-refractivity contribution in [3.63, 3.8) is 0 Å². The molecule has 76 valence electrons. The summed E-state index contributed by atoms with van der Waals surface area (Å²) in [6, 6.07) is 1.77. The van der Waals surface area contributed by atoms with Crippen molar-refractivity contribution in [2.45, 2.75) is 19.4 Å². The lowest BCUT2D eigenvalue weighted by Gasteiger charge is -2.12. The van der Waals surface area contributed by atoms with E-state index in [0.29, 0.717) is 17.8 Å². The van der Waals surface area contributed by atoms with Crippen molar-refractivity contribution in [3.8, 4) is 0 Å². The van der Waals surface area contributed by atoms with E-state index < -0.39 is 6.10 Å². The van der Waals surface area contributed by atoms with Crippen LogP contribution < -0.4 is 5.73 Å². The maximum Gasteiger partial charge on any atom is 0.129 e. The number of hydrogen-bond donors (Lipinski definition) is 2. The third-order valence-corrected chi connectivity index (χ3v) is 2.25. The average Bonchev–Trinajstić information content (AvgIpc) is 2.08. The molecule has 0 aromatic carbocycles. The highest BCUT2D eigenvalue weighted by atomic mass is 79.9. The third-order valence-electron chi connectivity index (χ3n) is 1.82. The Bertz CT molecular complexity index is 352. The van der Waals surface area contributed by atoms with Crippen molar-refractivity contribution in [2.75, 3.05) is 5.73 Å². The van der Waals surface area contributed by atoms with E-state index in [4.69, 9.17) is 5.73 Å². The fourth-order valence-electron chi connectivity index (χ4n) is 1.17. The minimum atomic E-state index is -0.627. The second-order valence-electron chi connectivity index (χ2n) is 3.31. The number of aromatic nitrogens is 1. The minimum Gasteiger partial charge on any atom is -0.388 e. The van der Waals surface area contributed by atoms with Crippen LogP contribution in [0.3, 0.4) is 0 Å². The van der Waals surface area contributed by atoms with Crippen LogP contribution in [0.25, 0.3) is 0 Å². The normalized spacial score (nSPS) is 12.5. The van der Waals surface area contributed by atoms with E-state index in [9.17, 15) is 5.11 Å². The number of halogens is 1. The Kier molecular flexibility index (Phi) is 3.66. The van der Waals surface area contributed by atoms with Crippen LogP contribution in [0.1, 0.15) is 25.0 Å². The van der Waals surface area contributed by atoms with Crippen LogP contribution in [-0.2, 0) is 0 Å². The van der Waals surface area contributed by atoms with Gasteiger partial charge in [-0.3, -0.25) is 0 Å². The van der Waals surface area contributed by atoms with Crippen molar-refractivity contribution in [1.29, 1.82) is 0 Å². The second-order valence-corrected chi connectivity index (χ2v) is 4.22. The van der Waals surface area contributed by atoms with Crippen LogP contribution in [0, 0.1) is 0 Å². The van der Waals surface area contributed by atoms with Gasteiger partial charge < -0.3 is 10.8 Å². The van der Waals surface area contributed by atoms with E-state index in [1.54, 1.807) is 12.3 Å². The SMILES string of the molecule is C=C(C)CC(O)c1cc(Br)cnc1N. The molecule has 0 saturated carbocycles. The Hall–Kier alpha value is -0.870. The van der Waals surface area contributed by atoms with Gasteiger partial charge in [-0.2, -0.15) is 0 Å². The molecular formula is C10H13BrN2O. The van der Waals surface area contributed by atoms with Gasteiger partial charge in [-0.1, -0.05) is 5.57 Å². The molecule has 0 radical (unpaired) electrons. The highest BCUT2D eigenvalue weighted by Crippen LogP contribution is 2.26. The monoisotopic (exact) mass is 256 g/mol. The van der Waals surface area contributed by atoms with Crippen molar-refractivity contribution >= 4 is 21.7 Å². The summed E-state index contributed by atoms with van der Waals surface area (Å²) >= 11 is 3.28. The molecule has 1 aromatic rings. The Labute approximate surface area is 91.8 Å². The van der Waals surface area contributed by atoms with Crippen molar-refractivity contribution in [2.24, 2.45) is 0 Å². The fourth-order valence-corrected chi connectivity index (χ4v) is 1.52. The predicted molar refractivity (Wildman–Crippen MR) is 60.7 cm³/mol. The third kappa shape index (κ3) is 2.82. The van der Waals surface area contributed by atoms with Gasteiger partial charge in [-0.15, -0.1) is 6.58 Å². The number of pyridine rings is 1. The number of aliphatic hydroxyl groups excluding tert-OH is 1. The summed E-state index contributed by atoms with van der Waals surface area (Å²) in [6.07, 6.45) is 1.48. The van der Waals surface area contributed by atoms with Crippen LogP contribution in [0.5, 0.6) is 0 Å². The van der Waals surface area contributed by atoms with Crippen LogP contribution in [-0.4, -0.2) is 10.1 Å². The number of nitrogens with zero attached hydrogens (tertiary/aromatic N) is 1. The number of nitrogen functional groups attached to an aromatic ring is 1. The first-order chi connectivity index (χ1) is 6.50. The van der Waals surface area contributed by atoms with E-state index >= 15 is 0 Å². The summed E-state index contributed by atoms with van der Waals surface area (Å²) < 4.78 is 0.808. The topological polar surface area (TPSA) is 59.1 Å². The smallest absolute Gasteiger partial charge is 0.129 e. The molecule has 1 unspecified atom stereocenters. The van der Waals surface area contributed by atoms with Gasteiger partial charge in [0.2, 0.25) is 0 Å². The first-order valence-corrected chi connectivity index (χ1v) is 5.03. The summed E-state index contributed by atoms with van der Waals surface area (Å²) in [7, 11) is 0. The lowest BCUT2D eigenvalue weighted by molar-refractivity contribution is 0.179. The molecule has 1 rings (SSSR count). The predicted octanol–water partition coefficient (Wildman–Crippen LogP) is 2.43. The molecule has 0 aliphatic carbocycles. The van der Waals surface area contributed by atoms with Gasteiger partial charge in [0, 0.05) is 16.2 Å². The van der Waals surface area contributed by atoms with Crippen LogP contribution >= 0.6 is 15.9 Å². The van der Waals surface area contributed by atoms with E-state index in [2.05, 4.69) is 27.5 Å². The van der Waals surface area contributed by atoms with Gasteiger partial charge in [0.05, 0.1) is 6.10 Å². The highest BCUT2D eigenvalue weighted by Gasteiger charge is 2.12. The zero-order valence-corrected chi connectivity index (χ0v) is 9.58. The van der Waals surface area contributed by atoms with Gasteiger partial charge in [-0.05, 0) is 35.3 Å². The van der Waals surface area contributed by atoms with Gasteiger partial charge in [-0.25, -0.2) is 4.98 Å². The highest BCUT2D eigenvalue weighted by molar-refractivity contribution is 9.10. The van der Waals surface area contributed by atoms with Crippen LogP contribution in [0.15, 0.2) is 28.9 Å². The van der Waals surface area contributed by atoms with Crippen LogP contribution in [0.4, 0.5) is 5.82 Å². The Morgan fingerprint density at radius 2 is 2.43 bits per heavy atom. The molecule has 0 saturated heterocycles. The minimum absolute atomic E-state index is 0.363. The average molecular weight is 257 g/mol. The molecule has 0 aliphatic heterocycles. The lowest BCUT2D eigenvalue weighted by atomic mass is 10.0. The zero-order valence-electron chi connectivity index (χ0n) is 8.00. The summed E-state index contributed by atoms with van der Waals surface area (Å²) in [6.45, 7) is 5.61. The summed E-state index contributed by atoms with van der Waals surface area (Å²) in [5, 5.41) is 9.79. The first kappa shape index (κ1) is 11.2. The Balaban J connectivity index is 2.93. The maximum atomic E-state index is 9.79. The first-order valence-electron chi connectivity index (χ1n) is 4.24. The van der Waals surface area contributed by atoms with E-state index in [-0.39, 0.29) is 0 Å². The van der Waals surface area contributed by atoms with Gasteiger partial charge in [0.1, 0.15) is 5.82 Å². The number of nitrogens with two attached hydrogens (primary N) is 1. The number of aliphatic hydroxyl groups is 1. The lowest BCUT2D eigenvalue weighted by Crippen LogP contribution is -2.04. The Morgan fingerprint density at radius 3 is 3.00 bits per heavy atom. The molecule has 0 aliphatic rings. The molecule has 3 nitrogen and oxygen atoms in total. The van der Waals surface area contributed by atoms with E-state index in [1.165, 1.54) is 0 Å². The molecule has 1 aromatic heterocycles. The van der Waals surface area contributed by atoms with Gasteiger partial charge in [0.25, 0.3) is 0 Å². The number of hydrogen-bond acceptors (Lipinski definition) is 3. The maximum absolute atomic E-state index is 9.79. The molecule has 0 amide bonds. The number of rotatable bonds is 3. The van der Waals surface area contributed by atoms with Crippen molar-refractivity contribution in [3.05, 3.63) is 34.5 Å². The summed E-state index contributed by atoms with van der Waals surface area (Å²) in [5.74, 6) is 0.363. The molecule has 0 fully saturated rings. The summed E-state index contributed by atoms with van der Waals surface area (Å²) in [4.78, 5) is 3.95. The van der Waals surface area contributed by atoms with Gasteiger partial charge in [0.15, 0.2) is 0 Å². The Morgan fingerprint density at radius 1 is 1.79 bits per heavy atom. The standard InChI is InChI=1S/C10H13BrN2O/c1-6(2)3-9(14)8-4-7(11)5-13-10(8)12/h4-5,9,14H,1,3H2,2H3,(H2,12,13). The van der Waals surface area contributed by atoms with Crippen molar-refractivity contribution < 1.29 is 5.11 Å². The largest absolute Gasteiger partial charge is 0.388 e. The summed E-state index contributed by atoms with van der Waals surface area (Å²) in [5.41, 5.74) is 7.20. The molecule has 1 atom stereocenters. The van der Waals surface area contributed by atoms with Gasteiger partial charge >= 0.3 is 0 Å². The molecular weight excluding hydrogens is 244 g/mol. The zero-order chi connectivity index (χ0) is 10.7. The molecule has 0 bridgehead atoms. The van der Waals surface area contributed by atoms with Crippen molar-refractivity contribution in [1.82, 2.24) is 4.98 Å². The molecule has 1 heterocycles. The quantitative estimate of drug-likeness (QED) is 0.817.